The van der Waals surface area contributed by atoms with Gasteiger partial charge in [0.15, 0.2) is 0 Å². The summed E-state index contributed by atoms with van der Waals surface area (Å²) in [7, 11) is 0. The van der Waals surface area contributed by atoms with Crippen molar-refractivity contribution in [1.82, 2.24) is 9.55 Å². The number of aliphatic hydroxyl groups is 1. The Morgan fingerprint density at radius 3 is 2.80 bits per heavy atom. The van der Waals surface area contributed by atoms with E-state index in [-0.39, 0.29) is 12.4 Å². The lowest BCUT2D eigenvalue weighted by Crippen LogP contribution is -2.06. The van der Waals surface area contributed by atoms with Crippen molar-refractivity contribution in [2.24, 2.45) is 0 Å². The third kappa shape index (κ3) is 2.34. The highest BCUT2D eigenvalue weighted by Crippen LogP contribution is 2.23. The first kappa shape index (κ1) is 13.3. The average molecular weight is 335 g/mol. The molecule has 3 aromatic rings. The molecule has 1 N–H and O–H groups in total. The predicted octanol–water partition coefficient (Wildman–Crippen LogP) is 3.48. The van der Waals surface area contributed by atoms with E-state index in [0.717, 1.165) is 21.1 Å². The number of hydrogen-bond donors (Lipinski definition) is 1. The second-order valence-electron chi connectivity index (χ2n) is 4.50. The van der Waals surface area contributed by atoms with Gasteiger partial charge in [-0.3, -0.25) is 0 Å². The molecule has 0 fully saturated rings. The smallest absolute Gasteiger partial charge is 0.136 e. The standard InChI is InChI=1S/C15H12BrFN2O/c16-12-6-5-11(17)7-10(12)8-19-14-4-2-1-3-13(14)18-15(19)9-20/h1-7,20H,8-9H2. The molecule has 0 unspecified atom stereocenters. The molecular formula is C15H12BrFN2O. The summed E-state index contributed by atoms with van der Waals surface area (Å²) in [5.74, 6) is 0.292. The zero-order chi connectivity index (χ0) is 14.1. The van der Waals surface area contributed by atoms with Crippen LogP contribution in [0.25, 0.3) is 11.0 Å². The third-order valence-corrected chi connectivity index (χ3v) is 3.98. The molecule has 3 rings (SSSR count). The fraction of sp³-hybridized carbons (Fsp3) is 0.133. The molecule has 3 nitrogen and oxygen atoms in total. The molecule has 20 heavy (non-hydrogen) atoms. The van der Waals surface area contributed by atoms with Crippen LogP contribution in [-0.4, -0.2) is 14.7 Å². The molecule has 0 amide bonds. The van der Waals surface area contributed by atoms with Crippen LogP contribution in [0.1, 0.15) is 11.4 Å². The van der Waals surface area contributed by atoms with E-state index in [1.165, 1.54) is 12.1 Å². The Morgan fingerprint density at radius 2 is 2.00 bits per heavy atom. The first-order valence-electron chi connectivity index (χ1n) is 6.18. The predicted molar refractivity (Wildman–Crippen MR) is 78.9 cm³/mol. The Hall–Kier alpha value is -1.72. The van der Waals surface area contributed by atoms with E-state index in [1.807, 2.05) is 28.8 Å². The zero-order valence-corrected chi connectivity index (χ0v) is 12.1. The number of imidazole rings is 1. The summed E-state index contributed by atoms with van der Waals surface area (Å²) in [4.78, 5) is 4.38. The fourth-order valence-corrected chi connectivity index (χ4v) is 2.63. The molecular weight excluding hydrogens is 323 g/mol. The maximum Gasteiger partial charge on any atom is 0.136 e. The molecule has 0 aliphatic rings. The summed E-state index contributed by atoms with van der Waals surface area (Å²) in [6, 6.07) is 12.2. The molecule has 2 aromatic carbocycles. The highest BCUT2D eigenvalue weighted by molar-refractivity contribution is 9.10. The summed E-state index contributed by atoms with van der Waals surface area (Å²) in [6.45, 7) is 0.302. The van der Waals surface area contributed by atoms with E-state index in [4.69, 9.17) is 0 Å². The van der Waals surface area contributed by atoms with Crippen molar-refractivity contribution in [2.45, 2.75) is 13.2 Å². The van der Waals surface area contributed by atoms with Crippen molar-refractivity contribution < 1.29 is 9.50 Å². The Bertz CT molecular complexity index is 770. The molecule has 0 saturated carbocycles. The Morgan fingerprint density at radius 1 is 1.20 bits per heavy atom. The van der Waals surface area contributed by atoms with Gasteiger partial charge in [-0.2, -0.15) is 0 Å². The van der Waals surface area contributed by atoms with Crippen LogP contribution >= 0.6 is 15.9 Å². The number of para-hydroxylation sites is 2. The molecule has 0 saturated heterocycles. The number of hydrogen-bond acceptors (Lipinski definition) is 2. The van der Waals surface area contributed by atoms with E-state index in [0.29, 0.717) is 12.4 Å². The van der Waals surface area contributed by atoms with E-state index in [9.17, 15) is 9.50 Å². The van der Waals surface area contributed by atoms with Crippen molar-refractivity contribution in [3.05, 3.63) is 64.1 Å². The van der Waals surface area contributed by atoms with E-state index in [1.54, 1.807) is 6.07 Å². The van der Waals surface area contributed by atoms with Gasteiger partial charge in [0.25, 0.3) is 0 Å². The van der Waals surface area contributed by atoms with Crippen LogP contribution in [0, 0.1) is 5.82 Å². The van der Waals surface area contributed by atoms with E-state index < -0.39 is 0 Å². The monoisotopic (exact) mass is 334 g/mol. The maximum absolute atomic E-state index is 13.4. The zero-order valence-electron chi connectivity index (χ0n) is 10.6. The van der Waals surface area contributed by atoms with Crippen LogP contribution in [0.5, 0.6) is 0 Å². The summed E-state index contributed by atoms with van der Waals surface area (Å²) >= 11 is 3.42. The van der Waals surface area contributed by atoms with Crippen molar-refractivity contribution >= 4 is 27.0 Å². The van der Waals surface area contributed by atoms with Gasteiger partial charge in [0.1, 0.15) is 18.2 Å². The lowest BCUT2D eigenvalue weighted by atomic mass is 10.2. The van der Waals surface area contributed by atoms with Gasteiger partial charge in [0, 0.05) is 4.47 Å². The number of fused-ring (bicyclic) bond motifs is 1. The molecule has 102 valence electrons. The van der Waals surface area contributed by atoms with Crippen LogP contribution in [0.4, 0.5) is 4.39 Å². The average Bonchev–Trinajstić information content (AvgIpc) is 2.81. The summed E-state index contributed by atoms with van der Waals surface area (Å²) in [5, 5.41) is 9.45. The van der Waals surface area contributed by atoms with Gasteiger partial charge < -0.3 is 9.67 Å². The molecule has 0 bridgehead atoms. The number of benzene rings is 2. The molecule has 0 spiro atoms. The molecule has 0 aliphatic heterocycles. The summed E-state index contributed by atoms with van der Waals surface area (Å²) in [5.41, 5.74) is 2.56. The van der Waals surface area contributed by atoms with Crippen LogP contribution < -0.4 is 0 Å². The second-order valence-corrected chi connectivity index (χ2v) is 5.35. The molecule has 1 aromatic heterocycles. The van der Waals surface area contributed by atoms with E-state index in [2.05, 4.69) is 20.9 Å². The van der Waals surface area contributed by atoms with Gasteiger partial charge >= 0.3 is 0 Å². The van der Waals surface area contributed by atoms with E-state index >= 15 is 0 Å². The Kier molecular flexibility index (Phi) is 3.54. The molecule has 1 heterocycles. The normalized spacial score (nSPS) is 11.2. The molecule has 0 aliphatic carbocycles. The molecule has 0 atom stereocenters. The number of rotatable bonds is 3. The Balaban J connectivity index is 2.12. The van der Waals surface area contributed by atoms with Gasteiger partial charge in [0.05, 0.1) is 17.6 Å². The minimum Gasteiger partial charge on any atom is -0.388 e. The van der Waals surface area contributed by atoms with Gasteiger partial charge in [-0.15, -0.1) is 0 Å². The first-order valence-corrected chi connectivity index (χ1v) is 6.97. The quantitative estimate of drug-likeness (QED) is 0.796. The summed E-state index contributed by atoms with van der Waals surface area (Å²) < 4.78 is 16.1. The van der Waals surface area contributed by atoms with Crippen LogP contribution in [0.15, 0.2) is 46.9 Å². The minimum absolute atomic E-state index is 0.151. The Labute approximate surface area is 123 Å². The minimum atomic E-state index is -0.279. The first-order chi connectivity index (χ1) is 9.69. The number of halogens is 2. The van der Waals surface area contributed by atoms with Crippen molar-refractivity contribution in [1.29, 1.82) is 0 Å². The van der Waals surface area contributed by atoms with Crippen molar-refractivity contribution in [3.8, 4) is 0 Å². The second kappa shape index (κ2) is 5.34. The van der Waals surface area contributed by atoms with Crippen LogP contribution in [0.3, 0.4) is 0 Å². The lowest BCUT2D eigenvalue weighted by Gasteiger charge is -2.10. The third-order valence-electron chi connectivity index (χ3n) is 3.21. The number of aliphatic hydroxyl groups excluding tert-OH is 1. The van der Waals surface area contributed by atoms with Crippen molar-refractivity contribution in [2.75, 3.05) is 0 Å². The molecule has 0 radical (unpaired) electrons. The SMILES string of the molecule is OCc1nc2ccccc2n1Cc1cc(F)ccc1Br. The fourth-order valence-electron chi connectivity index (χ4n) is 2.26. The topological polar surface area (TPSA) is 38.1 Å². The lowest BCUT2D eigenvalue weighted by molar-refractivity contribution is 0.267. The largest absolute Gasteiger partial charge is 0.388 e. The van der Waals surface area contributed by atoms with Crippen molar-refractivity contribution in [3.63, 3.8) is 0 Å². The van der Waals surface area contributed by atoms with Crippen LogP contribution in [0.2, 0.25) is 0 Å². The maximum atomic E-state index is 13.4. The van der Waals surface area contributed by atoms with Crippen LogP contribution in [-0.2, 0) is 13.2 Å². The number of nitrogens with zero attached hydrogens (tertiary/aromatic N) is 2. The van der Waals surface area contributed by atoms with Gasteiger partial charge in [-0.25, -0.2) is 9.37 Å². The molecule has 5 heteroatoms. The highest BCUT2D eigenvalue weighted by atomic mass is 79.9. The highest BCUT2D eigenvalue weighted by Gasteiger charge is 2.11. The van der Waals surface area contributed by atoms with Gasteiger partial charge in [0.2, 0.25) is 0 Å². The van der Waals surface area contributed by atoms with Gasteiger partial charge in [-0.05, 0) is 35.9 Å². The number of aromatic nitrogens is 2. The van der Waals surface area contributed by atoms with Gasteiger partial charge in [-0.1, -0.05) is 28.1 Å². The summed E-state index contributed by atoms with van der Waals surface area (Å²) in [6.07, 6.45) is 0.